The van der Waals surface area contributed by atoms with Crippen LogP contribution in [0.3, 0.4) is 0 Å². The Labute approximate surface area is 124 Å². The van der Waals surface area contributed by atoms with Gasteiger partial charge in [-0.05, 0) is 30.7 Å². The summed E-state index contributed by atoms with van der Waals surface area (Å²) >= 11 is 0. The van der Waals surface area contributed by atoms with Gasteiger partial charge in [-0.2, -0.15) is 5.26 Å². The van der Waals surface area contributed by atoms with Crippen molar-refractivity contribution in [2.75, 3.05) is 5.32 Å². The summed E-state index contributed by atoms with van der Waals surface area (Å²) < 4.78 is 0. The summed E-state index contributed by atoms with van der Waals surface area (Å²) in [6, 6.07) is 3.43. The molecule has 1 heterocycles. The molecule has 0 spiro atoms. The number of hydrogen-bond acceptors (Lipinski definition) is 5. The number of nitrogens with one attached hydrogen (secondary N) is 1. The summed E-state index contributed by atoms with van der Waals surface area (Å²) in [5, 5.41) is 23.5. The normalized spacial score (nSPS) is 21.8. The molecule has 2 rings (SSSR count). The molecule has 1 aliphatic rings. The summed E-state index contributed by atoms with van der Waals surface area (Å²) in [4.78, 5) is 14.8. The second-order valence-corrected chi connectivity index (χ2v) is 5.87. The Hall–Kier alpha value is -2.16. The quantitative estimate of drug-likeness (QED) is 0.676. The zero-order valence-electron chi connectivity index (χ0n) is 12.4. The van der Waals surface area contributed by atoms with E-state index in [4.69, 9.17) is 5.26 Å². The Balaban J connectivity index is 2.30. The zero-order valence-corrected chi connectivity index (χ0v) is 12.4. The number of nitriles is 1. The van der Waals surface area contributed by atoms with Gasteiger partial charge in [-0.1, -0.05) is 26.7 Å². The third-order valence-electron chi connectivity index (χ3n) is 4.23. The molecule has 0 radical (unpaired) electrons. The molecule has 1 fully saturated rings. The van der Waals surface area contributed by atoms with Crippen molar-refractivity contribution in [2.45, 2.75) is 45.6 Å². The van der Waals surface area contributed by atoms with Crippen molar-refractivity contribution in [3.8, 4) is 6.07 Å². The molecule has 6 heteroatoms. The smallest absolute Gasteiger partial charge is 0.328 e. The summed E-state index contributed by atoms with van der Waals surface area (Å²) in [7, 11) is 0. The van der Waals surface area contributed by atoms with Gasteiger partial charge in [-0.25, -0.2) is 4.98 Å². The number of hydrogen-bond donors (Lipinski definition) is 1. The van der Waals surface area contributed by atoms with E-state index in [1.165, 1.54) is 18.7 Å². The Morgan fingerprint density at radius 1 is 1.48 bits per heavy atom. The van der Waals surface area contributed by atoms with Crippen LogP contribution >= 0.6 is 0 Å². The molecule has 1 N–H and O–H groups in total. The molecule has 0 aromatic carbocycles. The molecule has 112 valence electrons. The third-order valence-corrected chi connectivity index (χ3v) is 4.23. The highest BCUT2D eigenvalue weighted by atomic mass is 16.6. The number of nitrogens with zero attached hydrogens (tertiary/aromatic N) is 3. The van der Waals surface area contributed by atoms with Gasteiger partial charge < -0.3 is 5.32 Å². The highest BCUT2D eigenvalue weighted by Gasteiger charge is 2.30. The van der Waals surface area contributed by atoms with Gasteiger partial charge in [0.05, 0.1) is 4.92 Å². The van der Waals surface area contributed by atoms with Gasteiger partial charge >= 0.3 is 5.69 Å². The van der Waals surface area contributed by atoms with E-state index in [9.17, 15) is 10.1 Å². The average Bonchev–Trinajstić information content (AvgIpc) is 2.47. The Kier molecular flexibility index (Phi) is 4.73. The van der Waals surface area contributed by atoms with Crippen LogP contribution < -0.4 is 5.32 Å². The first-order valence-electron chi connectivity index (χ1n) is 7.34. The van der Waals surface area contributed by atoms with Gasteiger partial charge in [-0.3, -0.25) is 10.1 Å². The lowest BCUT2D eigenvalue weighted by molar-refractivity contribution is -0.384. The molecule has 1 saturated carbocycles. The van der Waals surface area contributed by atoms with Crippen LogP contribution in [0.1, 0.15) is 45.1 Å². The van der Waals surface area contributed by atoms with Crippen molar-refractivity contribution >= 4 is 11.5 Å². The highest BCUT2D eigenvalue weighted by Crippen LogP contribution is 2.34. The molecule has 0 aliphatic heterocycles. The number of rotatable bonds is 4. The number of anilines is 1. The Morgan fingerprint density at radius 3 is 2.81 bits per heavy atom. The minimum Gasteiger partial charge on any atom is -0.361 e. The predicted molar refractivity (Wildman–Crippen MR) is 79.8 cm³/mol. The fraction of sp³-hybridized carbons (Fsp3) is 0.600. The third kappa shape index (κ3) is 3.30. The molecule has 6 nitrogen and oxygen atoms in total. The SMILES string of the molecule is CC(C)C1CCCCC1Nc1nccc(C#N)c1[N+](=O)[O-]. The fourth-order valence-electron chi connectivity index (χ4n) is 3.15. The lowest BCUT2D eigenvalue weighted by Gasteiger charge is -2.35. The lowest BCUT2D eigenvalue weighted by atomic mass is 9.78. The minimum absolute atomic E-state index is 0.0504. The summed E-state index contributed by atoms with van der Waals surface area (Å²) in [6.45, 7) is 4.36. The fourth-order valence-corrected chi connectivity index (χ4v) is 3.15. The van der Waals surface area contributed by atoms with Gasteiger partial charge in [-0.15, -0.1) is 0 Å². The molecule has 0 saturated heterocycles. The van der Waals surface area contributed by atoms with E-state index in [0.717, 1.165) is 19.3 Å². The maximum atomic E-state index is 11.2. The van der Waals surface area contributed by atoms with E-state index < -0.39 is 4.92 Å². The van der Waals surface area contributed by atoms with Crippen molar-refractivity contribution in [3.05, 3.63) is 27.9 Å². The van der Waals surface area contributed by atoms with Crippen molar-refractivity contribution < 1.29 is 4.92 Å². The van der Waals surface area contributed by atoms with Gasteiger partial charge in [0.2, 0.25) is 5.82 Å². The first kappa shape index (κ1) is 15.2. The second kappa shape index (κ2) is 6.53. The number of aromatic nitrogens is 1. The predicted octanol–water partition coefficient (Wildman–Crippen LogP) is 3.49. The zero-order chi connectivity index (χ0) is 15.4. The van der Waals surface area contributed by atoms with Crippen molar-refractivity contribution in [3.63, 3.8) is 0 Å². The van der Waals surface area contributed by atoms with Crippen LogP contribution in [0, 0.1) is 33.3 Å². The second-order valence-electron chi connectivity index (χ2n) is 5.87. The first-order valence-corrected chi connectivity index (χ1v) is 7.34. The molecule has 21 heavy (non-hydrogen) atoms. The molecule has 2 unspecified atom stereocenters. The maximum Gasteiger partial charge on any atom is 0.328 e. The van der Waals surface area contributed by atoms with E-state index in [1.54, 1.807) is 0 Å². The van der Waals surface area contributed by atoms with Crippen LogP contribution in [-0.4, -0.2) is 15.9 Å². The summed E-state index contributed by atoms with van der Waals surface area (Å²) in [6.07, 6.45) is 5.88. The van der Waals surface area contributed by atoms with Crippen LogP contribution in [0.2, 0.25) is 0 Å². The highest BCUT2D eigenvalue weighted by molar-refractivity contribution is 5.64. The minimum atomic E-state index is -0.527. The van der Waals surface area contributed by atoms with Gasteiger partial charge in [0.25, 0.3) is 0 Å². The van der Waals surface area contributed by atoms with E-state index in [0.29, 0.717) is 11.8 Å². The van der Waals surface area contributed by atoms with Crippen LogP contribution in [0.15, 0.2) is 12.3 Å². The lowest BCUT2D eigenvalue weighted by Crippen LogP contribution is -2.35. The largest absolute Gasteiger partial charge is 0.361 e. The molecular weight excluding hydrogens is 268 g/mol. The molecular formula is C15H20N4O2. The molecule has 1 aromatic heterocycles. The molecule has 1 aromatic rings. The van der Waals surface area contributed by atoms with Crippen molar-refractivity contribution in [1.29, 1.82) is 5.26 Å². The molecule has 0 amide bonds. The Bertz CT molecular complexity index is 565. The van der Waals surface area contributed by atoms with Crippen LogP contribution in [0.5, 0.6) is 0 Å². The Morgan fingerprint density at radius 2 is 2.19 bits per heavy atom. The topological polar surface area (TPSA) is 91.8 Å². The average molecular weight is 288 g/mol. The number of pyridine rings is 1. The van der Waals surface area contributed by atoms with E-state index >= 15 is 0 Å². The summed E-state index contributed by atoms with van der Waals surface area (Å²) in [5.74, 6) is 1.21. The van der Waals surface area contributed by atoms with Gasteiger partial charge in [0, 0.05) is 12.2 Å². The molecule has 1 aliphatic carbocycles. The standard InChI is InChI=1S/C15H20N4O2/c1-10(2)12-5-3-4-6-13(12)18-15-14(19(20)21)11(9-16)7-8-17-15/h7-8,10,12-13H,3-6H2,1-2H3,(H,17,18). The molecule has 0 bridgehead atoms. The van der Waals surface area contributed by atoms with Crippen LogP contribution in [0.25, 0.3) is 0 Å². The van der Waals surface area contributed by atoms with Crippen molar-refractivity contribution in [2.24, 2.45) is 11.8 Å². The monoisotopic (exact) mass is 288 g/mol. The maximum absolute atomic E-state index is 11.2. The van der Waals surface area contributed by atoms with E-state index in [-0.39, 0.29) is 23.1 Å². The number of nitro groups is 1. The molecule has 2 atom stereocenters. The van der Waals surface area contributed by atoms with E-state index in [1.807, 2.05) is 6.07 Å². The van der Waals surface area contributed by atoms with Crippen LogP contribution in [0.4, 0.5) is 11.5 Å². The van der Waals surface area contributed by atoms with Gasteiger partial charge in [0.15, 0.2) is 0 Å². The van der Waals surface area contributed by atoms with Crippen molar-refractivity contribution in [1.82, 2.24) is 4.98 Å². The van der Waals surface area contributed by atoms with Crippen LogP contribution in [-0.2, 0) is 0 Å². The van der Waals surface area contributed by atoms with E-state index in [2.05, 4.69) is 24.1 Å². The van der Waals surface area contributed by atoms with Gasteiger partial charge in [0.1, 0.15) is 11.6 Å². The summed E-state index contributed by atoms with van der Waals surface area (Å²) in [5.41, 5.74) is -0.164. The first-order chi connectivity index (χ1) is 10.0.